The maximum Gasteiger partial charge on any atom is 0.0698 e. The Morgan fingerprint density at radius 2 is 2.18 bits per heavy atom. The number of nitrogens with one attached hydrogen (secondary N) is 1. The quantitative estimate of drug-likeness (QED) is 0.490. The number of ether oxygens (including phenoxy) is 1. The van der Waals surface area contributed by atoms with Crippen molar-refractivity contribution >= 4 is 0 Å². The summed E-state index contributed by atoms with van der Waals surface area (Å²) in [5.74, 6) is 0. The Balaban J connectivity index is 2.75. The molecular weight excluding hydrogens is 144 g/mol. The highest BCUT2D eigenvalue weighted by molar-refractivity contribution is 4.69. The van der Waals surface area contributed by atoms with Crippen molar-refractivity contribution in [2.75, 3.05) is 32.9 Å². The molecule has 0 aliphatic heterocycles. The molecule has 0 fully saturated rings. The summed E-state index contributed by atoms with van der Waals surface area (Å²) in [6, 6.07) is 2.03. The summed E-state index contributed by atoms with van der Waals surface area (Å²) in [5.41, 5.74) is 0. The van der Waals surface area contributed by atoms with E-state index < -0.39 is 0 Å². The van der Waals surface area contributed by atoms with Gasteiger partial charge in [-0.05, 0) is 0 Å². The van der Waals surface area contributed by atoms with Crippen LogP contribution in [0.5, 0.6) is 0 Å². The molecule has 0 atom stereocenters. The van der Waals surface area contributed by atoms with Crippen LogP contribution in [0.15, 0.2) is 0 Å². The molecule has 4 heteroatoms. The van der Waals surface area contributed by atoms with E-state index in [1.165, 1.54) is 0 Å². The van der Waals surface area contributed by atoms with E-state index >= 15 is 0 Å². The lowest BCUT2D eigenvalue weighted by molar-refractivity contribution is 0.0941. The Morgan fingerprint density at radius 1 is 1.36 bits per heavy atom. The van der Waals surface area contributed by atoms with Crippen LogP contribution >= 0.6 is 0 Å². The minimum absolute atomic E-state index is 0.0677. The topological polar surface area (TPSA) is 65.3 Å². The van der Waals surface area contributed by atoms with Crippen molar-refractivity contribution < 1.29 is 9.84 Å². The van der Waals surface area contributed by atoms with Gasteiger partial charge in [0.05, 0.1) is 25.9 Å². The Morgan fingerprint density at radius 3 is 2.82 bits per heavy atom. The molecule has 64 valence electrons. The zero-order chi connectivity index (χ0) is 8.36. The second-order valence-electron chi connectivity index (χ2n) is 1.99. The fourth-order valence-corrected chi connectivity index (χ4v) is 0.580. The third-order valence-electron chi connectivity index (χ3n) is 1.07. The normalized spacial score (nSPS) is 9.45. The number of nitriles is 1. The van der Waals surface area contributed by atoms with Gasteiger partial charge in [0.25, 0.3) is 0 Å². The predicted molar refractivity (Wildman–Crippen MR) is 41.0 cm³/mol. The van der Waals surface area contributed by atoms with Gasteiger partial charge in [0, 0.05) is 19.5 Å². The van der Waals surface area contributed by atoms with Crippen molar-refractivity contribution in [3.63, 3.8) is 0 Å². The molecule has 0 bridgehead atoms. The molecule has 0 aliphatic carbocycles. The molecular formula is C7H14N2O2. The van der Waals surface area contributed by atoms with Crippen molar-refractivity contribution in [2.45, 2.75) is 6.42 Å². The van der Waals surface area contributed by atoms with Crippen molar-refractivity contribution in [1.82, 2.24) is 5.32 Å². The highest BCUT2D eigenvalue weighted by Crippen LogP contribution is 1.73. The molecule has 11 heavy (non-hydrogen) atoms. The smallest absolute Gasteiger partial charge is 0.0698 e. The number of aliphatic hydroxyl groups is 1. The highest BCUT2D eigenvalue weighted by atomic mass is 16.5. The van der Waals surface area contributed by atoms with Crippen LogP contribution in [0.3, 0.4) is 0 Å². The minimum atomic E-state index is 0.0677. The first-order valence-corrected chi connectivity index (χ1v) is 3.68. The van der Waals surface area contributed by atoms with Crippen molar-refractivity contribution in [3.8, 4) is 6.07 Å². The zero-order valence-corrected chi connectivity index (χ0v) is 6.55. The molecule has 0 heterocycles. The number of nitrogens with zero attached hydrogens (tertiary/aromatic N) is 1. The Labute approximate surface area is 66.8 Å². The van der Waals surface area contributed by atoms with E-state index in [-0.39, 0.29) is 6.61 Å². The SMILES string of the molecule is N#CCCNCCOCCO. The minimum Gasteiger partial charge on any atom is -0.394 e. The fourth-order valence-electron chi connectivity index (χ4n) is 0.580. The van der Waals surface area contributed by atoms with E-state index in [1.807, 2.05) is 6.07 Å². The largest absolute Gasteiger partial charge is 0.394 e. The summed E-state index contributed by atoms with van der Waals surface area (Å²) >= 11 is 0. The monoisotopic (exact) mass is 158 g/mol. The van der Waals surface area contributed by atoms with Gasteiger partial charge < -0.3 is 15.2 Å². The molecule has 0 rings (SSSR count). The maximum absolute atomic E-state index is 8.32. The summed E-state index contributed by atoms with van der Waals surface area (Å²) in [6.45, 7) is 2.49. The van der Waals surface area contributed by atoms with Gasteiger partial charge in [0.15, 0.2) is 0 Å². The standard InChI is InChI=1S/C7H14N2O2/c8-2-1-3-9-4-6-11-7-5-10/h9-10H,1,3-7H2. The second-order valence-corrected chi connectivity index (χ2v) is 1.99. The summed E-state index contributed by atoms with van der Waals surface area (Å²) in [5, 5.41) is 19.5. The first-order chi connectivity index (χ1) is 5.41. The zero-order valence-electron chi connectivity index (χ0n) is 6.55. The van der Waals surface area contributed by atoms with Gasteiger partial charge in [-0.1, -0.05) is 0 Å². The summed E-state index contributed by atoms with van der Waals surface area (Å²) < 4.78 is 4.97. The molecule has 0 aromatic heterocycles. The molecule has 0 saturated carbocycles. The van der Waals surface area contributed by atoms with Gasteiger partial charge in [-0.3, -0.25) is 0 Å². The average Bonchev–Trinajstić information content (AvgIpc) is 2.03. The van der Waals surface area contributed by atoms with Gasteiger partial charge >= 0.3 is 0 Å². The number of hydrogen-bond acceptors (Lipinski definition) is 4. The lowest BCUT2D eigenvalue weighted by Gasteiger charge is -2.01. The van der Waals surface area contributed by atoms with Gasteiger partial charge in [-0.15, -0.1) is 0 Å². The number of hydrogen-bond donors (Lipinski definition) is 2. The van der Waals surface area contributed by atoms with Gasteiger partial charge in [0.1, 0.15) is 0 Å². The fraction of sp³-hybridized carbons (Fsp3) is 0.857. The lowest BCUT2D eigenvalue weighted by Crippen LogP contribution is -2.21. The molecule has 0 aliphatic rings. The van der Waals surface area contributed by atoms with Crippen LogP contribution in [0.2, 0.25) is 0 Å². The molecule has 0 aromatic carbocycles. The molecule has 2 N–H and O–H groups in total. The first-order valence-electron chi connectivity index (χ1n) is 3.68. The predicted octanol–water partition coefficient (Wildman–Crippen LogP) is -0.501. The summed E-state index contributed by atoms with van der Waals surface area (Å²) in [4.78, 5) is 0. The Hall–Kier alpha value is -0.630. The molecule has 4 nitrogen and oxygen atoms in total. The molecule has 0 unspecified atom stereocenters. The number of aliphatic hydroxyl groups excluding tert-OH is 1. The van der Waals surface area contributed by atoms with Gasteiger partial charge in [-0.2, -0.15) is 5.26 Å². The van der Waals surface area contributed by atoms with Crippen molar-refractivity contribution in [3.05, 3.63) is 0 Å². The molecule has 0 radical (unpaired) electrons. The van der Waals surface area contributed by atoms with E-state index in [9.17, 15) is 0 Å². The van der Waals surface area contributed by atoms with Crippen molar-refractivity contribution in [1.29, 1.82) is 5.26 Å². The molecule has 0 saturated heterocycles. The third kappa shape index (κ3) is 9.37. The van der Waals surface area contributed by atoms with Gasteiger partial charge in [0.2, 0.25) is 0 Å². The maximum atomic E-state index is 8.32. The van der Waals surface area contributed by atoms with E-state index in [2.05, 4.69) is 5.32 Å². The van der Waals surface area contributed by atoms with Crippen LogP contribution in [0.4, 0.5) is 0 Å². The van der Waals surface area contributed by atoms with Crippen LogP contribution in [0, 0.1) is 11.3 Å². The highest BCUT2D eigenvalue weighted by Gasteiger charge is 1.86. The third-order valence-corrected chi connectivity index (χ3v) is 1.07. The van der Waals surface area contributed by atoms with Crippen LogP contribution < -0.4 is 5.32 Å². The Bertz CT molecular complexity index is 111. The molecule has 0 aromatic rings. The van der Waals surface area contributed by atoms with E-state index in [1.54, 1.807) is 0 Å². The van der Waals surface area contributed by atoms with Crippen LogP contribution in [0.1, 0.15) is 6.42 Å². The van der Waals surface area contributed by atoms with E-state index in [4.69, 9.17) is 15.1 Å². The lowest BCUT2D eigenvalue weighted by atomic mass is 10.4. The first kappa shape index (κ1) is 10.4. The molecule has 0 spiro atoms. The second kappa shape index (κ2) is 9.37. The van der Waals surface area contributed by atoms with Crippen LogP contribution in [-0.4, -0.2) is 38.0 Å². The Kier molecular flexibility index (Phi) is 8.83. The van der Waals surface area contributed by atoms with Crippen molar-refractivity contribution in [2.24, 2.45) is 0 Å². The van der Waals surface area contributed by atoms with E-state index in [0.29, 0.717) is 26.2 Å². The average molecular weight is 158 g/mol. The number of rotatable bonds is 7. The summed E-state index contributed by atoms with van der Waals surface area (Å²) in [7, 11) is 0. The van der Waals surface area contributed by atoms with Crippen LogP contribution in [0.25, 0.3) is 0 Å². The van der Waals surface area contributed by atoms with Gasteiger partial charge in [-0.25, -0.2) is 0 Å². The molecule has 0 amide bonds. The van der Waals surface area contributed by atoms with E-state index in [0.717, 1.165) is 6.54 Å². The summed E-state index contributed by atoms with van der Waals surface area (Å²) in [6.07, 6.45) is 0.528. The van der Waals surface area contributed by atoms with Crippen LogP contribution in [-0.2, 0) is 4.74 Å².